The molecule has 4 nitrogen and oxygen atoms in total. The van der Waals surface area contributed by atoms with Gasteiger partial charge < -0.3 is 10.1 Å². The van der Waals surface area contributed by atoms with Gasteiger partial charge in [-0.2, -0.15) is 0 Å². The second kappa shape index (κ2) is 8.39. The fraction of sp³-hybridized carbons (Fsp3) is 0.533. The summed E-state index contributed by atoms with van der Waals surface area (Å²) in [4.78, 5) is 11.6. The summed E-state index contributed by atoms with van der Waals surface area (Å²) in [5, 5.41) is 3.27. The van der Waals surface area contributed by atoms with E-state index in [1.54, 1.807) is 12.1 Å². The third-order valence-electron chi connectivity index (χ3n) is 2.72. The van der Waals surface area contributed by atoms with Gasteiger partial charge in [-0.3, -0.25) is 9.00 Å². The van der Waals surface area contributed by atoms with Gasteiger partial charge >= 0.3 is 0 Å². The van der Waals surface area contributed by atoms with Gasteiger partial charge in [0.2, 0.25) is 5.91 Å². The molecule has 1 aromatic carbocycles. The Bertz CT molecular complexity index is 500. The van der Waals surface area contributed by atoms with Crippen LogP contribution in [0.1, 0.15) is 27.2 Å². The number of para-hydroxylation sites is 1. The molecule has 0 aliphatic heterocycles. The van der Waals surface area contributed by atoms with Crippen LogP contribution in [0.4, 0.5) is 0 Å². The molecule has 0 aliphatic rings. The van der Waals surface area contributed by atoms with Crippen molar-refractivity contribution in [2.24, 2.45) is 0 Å². The molecule has 1 atom stereocenters. The van der Waals surface area contributed by atoms with Gasteiger partial charge in [-0.15, -0.1) is 0 Å². The predicted molar refractivity (Wildman–Crippen MR) is 87.3 cm³/mol. The summed E-state index contributed by atoms with van der Waals surface area (Å²) in [6, 6.07) is 7.13. The molecule has 118 valence electrons. The molecule has 0 heterocycles. The van der Waals surface area contributed by atoms with Crippen molar-refractivity contribution < 1.29 is 13.7 Å². The number of hydrogen-bond acceptors (Lipinski definition) is 3. The summed E-state index contributed by atoms with van der Waals surface area (Å²) in [6.45, 7) is 6.43. The van der Waals surface area contributed by atoms with Crippen LogP contribution >= 0.6 is 11.6 Å². The molecule has 0 aliphatic carbocycles. The van der Waals surface area contributed by atoms with E-state index in [1.807, 2.05) is 32.9 Å². The van der Waals surface area contributed by atoms with E-state index in [9.17, 15) is 9.00 Å². The summed E-state index contributed by atoms with van der Waals surface area (Å²) < 4.78 is 17.0. The van der Waals surface area contributed by atoms with Crippen LogP contribution in [-0.2, 0) is 15.6 Å². The number of rotatable bonds is 7. The van der Waals surface area contributed by atoms with Crippen molar-refractivity contribution in [3.05, 3.63) is 29.3 Å². The minimum atomic E-state index is -0.956. The van der Waals surface area contributed by atoms with Crippen molar-refractivity contribution in [2.75, 3.05) is 18.9 Å². The van der Waals surface area contributed by atoms with Crippen LogP contribution in [0.3, 0.4) is 0 Å². The Morgan fingerprint density at radius 3 is 2.62 bits per heavy atom. The van der Waals surface area contributed by atoms with Crippen molar-refractivity contribution in [1.82, 2.24) is 5.32 Å². The van der Waals surface area contributed by atoms with Crippen molar-refractivity contribution in [1.29, 1.82) is 0 Å². The predicted octanol–water partition coefficient (Wildman–Crippen LogP) is 2.77. The lowest BCUT2D eigenvalue weighted by molar-refractivity contribution is -0.121. The van der Waals surface area contributed by atoms with E-state index in [0.717, 1.165) is 0 Å². The van der Waals surface area contributed by atoms with Gasteiger partial charge in [-0.05, 0) is 32.9 Å². The van der Waals surface area contributed by atoms with Crippen LogP contribution in [0.5, 0.6) is 5.75 Å². The topological polar surface area (TPSA) is 55.4 Å². The Hall–Kier alpha value is -1.07. The Kier molecular flexibility index (Phi) is 7.18. The average Bonchev–Trinajstić information content (AvgIpc) is 2.39. The van der Waals surface area contributed by atoms with Gasteiger partial charge in [0.1, 0.15) is 5.75 Å². The number of benzene rings is 1. The molecule has 0 saturated heterocycles. The summed E-state index contributed by atoms with van der Waals surface area (Å²) in [7, 11) is -0.956. The molecule has 21 heavy (non-hydrogen) atoms. The third-order valence-corrected chi connectivity index (χ3v) is 4.97. The number of carbonyl (C=O) groups excluding carboxylic acids is 1. The lowest BCUT2D eigenvalue weighted by Gasteiger charge is -2.17. The zero-order valence-electron chi connectivity index (χ0n) is 12.6. The largest absolute Gasteiger partial charge is 0.491 e. The van der Waals surface area contributed by atoms with E-state index in [2.05, 4.69) is 5.32 Å². The van der Waals surface area contributed by atoms with Crippen molar-refractivity contribution >= 4 is 28.3 Å². The maximum Gasteiger partial charge on any atom is 0.223 e. The molecule has 0 bridgehead atoms. The molecule has 6 heteroatoms. The summed E-state index contributed by atoms with van der Waals surface area (Å²) in [5.74, 6) is 0.911. The highest BCUT2D eigenvalue weighted by Crippen LogP contribution is 2.22. The Labute approximate surface area is 133 Å². The SMILES string of the molecule is CC(C)(C)[S@@](=O)CCNC(=O)CCOc1ccccc1Cl. The van der Waals surface area contributed by atoms with E-state index in [0.29, 0.717) is 23.1 Å². The first-order valence-electron chi connectivity index (χ1n) is 6.83. The highest BCUT2D eigenvalue weighted by atomic mass is 35.5. The molecule has 1 aromatic rings. The van der Waals surface area contributed by atoms with E-state index in [-0.39, 0.29) is 23.7 Å². The van der Waals surface area contributed by atoms with Crippen molar-refractivity contribution in [2.45, 2.75) is 31.9 Å². The van der Waals surface area contributed by atoms with Crippen LogP contribution in [0.2, 0.25) is 5.02 Å². The minimum Gasteiger partial charge on any atom is -0.491 e. The van der Waals surface area contributed by atoms with E-state index in [4.69, 9.17) is 16.3 Å². The average molecular weight is 332 g/mol. The Morgan fingerprint density at radius 1 is 1.33 bits per heavy atom. The van der Waals surface area contributed by atoms with Gasteiger partial charge in [0.05, 0.1) is 18.1 Å². The molecule has 0 spiro atoms. The molecule has 1 N–H and O–H groups in total. The van der Waals surface area contributed by atoms with E-state index < -0.39 is 10.8 Å². The zero-order chi connectivity index (χ0) is 15.9. The van der Waals surface area contributed by atoms with Gasteiger partial charge in [0, 0.05) is 27.8 Å². The van der Waals surface area contributed by atoms with Crippen LogP contribution in [0.25, 0.3) is 0 Å². The first-order valence-corrected chi connectivity index (χ1v) is 8.53. The molecule has 1 amide bonds. The molecule has 0 aromatic heterocycles. The second-order valence-corrected chi connectivity index (χ2v) is 8.27. The van der Waals surface area contributed by atoms with Crippen molar-refractivity contribution in [3.63, 3.8) is 0 Å². The maximum absolute atomic E-state index is 11.8. The fourth-order valence-electron chi connectivity index (χ4n) is 1.49. The minimum absolute atomic E-state index is 0.118. The Balaban J connectivity index is 2.20. The smallest absolute Gasteiger partial charge is 0.223 e. The standard InChI is InChI=1S/C15H22ClNO3S/c1-15(2,3)21(19)11-9-17-14(18)8-10-20-13-7-5-4-6-12(13)16/h4-7H,8-11H2,1-3H3,(H,17,18)/t21-/m0/s1. The number of hydrogen-bond donors (Lipinski definition) is 1. The maximum atomic E-state index is 11.8. The fourth-order valence-corrected chi connectivity index (χ4v) is 2.58. The first-order chi connectivity index (χ1) is 9.80. The van der Waals surface area contributed by atoms with Crippen LogP contribution in [-0.4, -0.2) is 33.8 Å². The number of amides is 1. The number of nitrogens with one attached hydrogen (secondary N) is 1. The Morgan fingerprint density at radius 2 is 2.00 bits per heavy atom. The van der Waals surface area contributed by atoms with Gasteiger partial charge in [0.15, 0.2) is 0 Å². The molecule has 0 fully saturated rings. The van der Waals surface area contributed by atoms with Crippen LogP contribution in [0, 0.1) is 0 Å². The summed E-state index contributed by atoms with van der Waals surface area (Å²) >= 11 is 5.94. The second-order valence-electron chi connectivity index (χ2n) is 5.54. The normalized spacial score (nSPS) is 12.8. The quantitative estimate of drug-likeness (QED) is 0.836. The lowest BCUT2D eigenvalue weighted by Crippen LogP contribution is -2.33. The summed E-state index contributed by atoms with van der Waals surface area (Å²) in [6.07, 6.45) is 0.243. The van der Waals surface area contributed by atoms with Gasteiger partial charge in [0.25, 0.3) is 0 Å². The summed E-state index contributed by atoms with van der Waals surface area (Å²) in [5.41, 5.74) is 0. The van der Waals surface area contributed by atoms with E-state index >= 15 is 0 Å². The number of ether oxygens (including phenoxy) is 1. The first kappa shape index (κ1) is 18.0. The lowest BCUT2D eigenvalue weighted by atomic mass is 10.3. The van der Waals surface area contributed by atoms with Gasteiger partial charge in [-0.1, -0.05) is 23.7 Å². The molecule has 0 saturated carbocycles. The monoisotopic (exact) mass is 331 g/mol. The number of halogens is 1. The third kappa shape index (κ3) is 6.96. The number of carbonyl (C=O) groups is 1. The molecule has 1 rings (SSSR count). The molecule has 0 radical (unpaired) electrons. The molecule has 0 unspecified atom stereocenters. The molecular weight excluding hydrogens is 310 g/mol. The van der Waals surface area contributed by atoms with Gasteiger partial charge in [-0.25, -0.2) is 0 Å². The van der Waals surface area contributed by atoms with Crippen LogP contribution in [0.15, 0.2) is 24.3 Å². The zero-order valence-corrected chi connectivity index (χ0v) is 14.2. The highest BCUT2D eigenvalue weighted by Gasteiger charge is 2.18. The van der Waals surface area contributed by atoms with Crippen LogP contribution < -0.4 is 10.1 Å². The van der Waals surface area contributed by atoms with Crippen molar-refractivity contribution in [3.8, 4) is 5.75 Å². The highest BCUT2D eigenvalue weighted by molar-refractivity contribution is 7.86. The molecular formula is C15H22ClNO3S. The van der Waals surface area contributed by atoms with E-state index in [1.165, 1.54) is 0 Å².